The summed E-state index contributed by atoms with van der Waals surface area (Å²) in [6.45, 7) is 3.77. The number of amides is 2. The highest BCUT2D eigenvalue weighted by Gasteiger charge is 2.24. The van der Waals surface area contributed by atoms with Crippen molar-refractivity contribution in [2.45, 2.75) is 19.9 Å². The number of benzene rings is 2. The fourth-order valence-electron chi connectivity index (χ4n) is 2.47. The third kappa shape index (κ3) is 6.90. The summed E-state index contributed by atoms with van der Waals surface area (Å²) in [6, 6.07) is 11.0. The summed E-state index contributed by atoms with van der Waals surface area (Å²) in [5, 5.41) is 7.25. The number of hydrogen-bond donors (Lipinski definition) is 2. The molecule has 156 valence electrons. The molecule has 2 rings (SSSR count). The SMILES string of the molecule is C#CCOc1ccc(Br)cc1C=NNC(=O)C(NC(=O)c1ccc(Cl)cc1)C(C)C. The average Bonchev–Trinajstić information content (AvgIpc) is 2.71. The molecule has 0 fully saturated rings. The zero-order valence-corrected chi connectivity index (χ0v) is 18.8. The van der Waals surface area contributed by atoms with Gasteiger partial charge in [0, 0.05) is 20.6 Å². The van der Waals surface area contributed by atoms with Gasteiger partial charge in [-0.15, -0.1) is 6.42 Å². The first-order chi connectivity index (χ1) is 14.3. The van der Waals surface area contributed by atoms with Gasteiger partial charge >= 0.3 is 0 Å². The van der Waals surface area contributed by atoms with Crippen LogP contribution in [-0.2, 0) is 4.79 Å². The minimum atomic E-state index is -0.773. The molecule has 8 heteroatoms. The van der Waals surface area contributed by atoms with Crippen molar-refractivity contribution in [1.82, 2.24) is 10.7 Å². The molecule has 0 aliphatic heterocycles. The Kier molecular flexibility index (Phi) is 8.90. The van der Waals surface area contributed by atoms with Crippen LogP contribution < -0.4 is 15.5 Å². The molecule has 0 bridgehead atoms. The van der Waals surface area contributed by atoms with E-state index in [1.54, 1.807) is 36.4 Å². The van der Waals surface area contributed by atoms with Crippen LogP contribution in [0.1, 0.15) is 29.8 Å². The van der Waals surface area contributed by atoms with Crippen molar-refractivity contribution in [3.63, 3.8) is 0 Å². The Morgan fingerprint density at radius 3 is 2.60 bits per heavy atom. The second kappa shape index (κ2) is 11.4. The molecule has 2 aromatic rings. The van der Waals surface area contributed by atoms with Crippen molar-refractivity contribution < 1.29 is 14.3 Å². The number of rotatable bonds is 8. The van der Waals surface area contributed by atoms with Crippen molar-refractivity contribution in [2.24, 2.45) is 11.0 Å². The first-order valence-electron chi connectivity index (χ1n) is 9.07. The van der Waals surface area contributed by atoms with Crippen molar-refractivity contribution in [3.05, 3.63) is 63.1 Å². The summed E-state index contributed by atoms with van der Waals surface area (Å²) >= 11 is 9.23. The zero-order chi connectivity index (χ0) is 22.1. The molecular formula is C22H21BrClN3O3. The number of nitrogens with one attached hydrogen (secondary N) is 2. The van der Waals surface area contributed by atoms with E-state index in [1.165, 1.54) is 6.21 Å². The number of carbonyl (C=O) groups is 2. The predicted molar refractivity (Wildman–Crippen MR) is 122 cm³/mol. The zero-order valence-electron chi connectivity index (χ0n) is 16.5. The summed E-state index contributed by atoms with van der Waals surface area (Å²) in [5.41, 5.74) is 3.50. The van der Waals surface area contributed by atoms with Crippen LogP contribution in [0.5, 0.6) is 5.75 Å². The van der Waals surface area contributed by atoms with Crippen molar-refractivity contribution >= 4 is 45.6 Å². The van der Waals surface area contributed by atoms with E-state index in [9.17, 15) is 9.59 Å². The molecule has 0 heterocycles. The first kappa shape index (κ1) is 23.5. The quantitative estimate of drug-likeness (QED) is 0.333. The number of nitrogens with zero attached hydrogens (tertiary/aromatic N) is 1. The third-order valence-electron chi connectivity index (χ3n) is 4.00. The number of hydrazone groups is 1. The molecule has 1 unspecified atom stereocenters. The predicted octanol–water partition coefficient (Wildman–Crippen LogP) is 4.02. The smallest absolute Gasteiger partial charge is 0.262 e. The van der Waals surface area contributed by atoms with E-state index < -0.39 is 11.9 Å². The average molecular weight is 491 g/mol. The second-order valence-corrected chi connectivity index (χ2v) is 7.96. The van der Waals surface area contributed by atoms with Crippen molar-refractivity contribution in [1.29, 1.82) is 0 Å². The fraction of sp³-hybridized carbons (Fsp3) is 0.227. The van der Waals surface area contributed by atoms with E-state index in [0.29, 0.717) is 21.9 Å². The maximum Gasteiger partial charge on any atom is 0.262 e. The molecule has 0 aliphatic rings. The topological polar surface area (TPSA) is 79.8 Å². The Bertz CT molecular complexity index is 969. The molecule has 2 N–H and O–H groups in total. The highest BCUT2D eigenvalue weighted by Crippen LogP contribution is 2.21. The first-order valence-corrected chi connectivity index (χ1v) is 10.2. The fourth-order valence-corrected chi connectivity index (χ4v) is 2.97. The molecule has 6 nitrogen and oxygen atoms in total. The van der Waals surface area contributed by atoms with Gasteiger partial charge in [-0.2, -0.15) is 5.10 Å². The molecule has 2 amide bonds. The van der Waals surface area contributed by atoms with Crippen LogP contribution in [0.15, 0.2) is 52.0 Å². The van der Waals surface area contributed by atoms with Crippen LogP contribution in [0.4, 0.5) is 0 Å². The van der Waals surface area contributed by atoms with E-state index in [2.05, 4.69) is 37.7 Å². The minimum absolute atomic E-state index is 0.112. The van der Waals surface area contributed by atoms with Gasteiger partial charge in [-0.3, -0.25) is 9.59 Å². The Morgan fingerprint density at radius 2 is 1.97 bits per heavy atom. The molecule has 0 radical (unpaired) electrons. The monoisotopic (exact) mass is 489 g/mol. The van der Waals surface area contributed by atoms with Gasteiger partial charge in [-0.05, 0) is 48.4 Å². The Balaban J connectivity index is 2.07. The van der Waals surface area contributed by atoms with Crippen LogP contribution >= 0.6 is 27.5 Å². The summed E-state index contributed by atoms with van der Waals surface area (Å²) in [4.78, 5) is 25.0. The lowest BCUT2D eigenvalue weighted by Gasteiger charge is -2.20. The lowest BCUT2D eigenvalue weighted by Crippen LogP contribution is -2.48. The Hall–Kier alpha value is -2.82. The van der Waals surface area contributed by atoms with Gasteiger partial charge in [0.15, 0.2) is 0 Å². The van der Waals surface area contributed by atoms with Crippen LogP contribution in [0.2, 0.25) is 5.02 Å². The molecule has 0 aliphatic carbocycles. The van der Waals surface area contributed by atoms with Crippen LogP contribution in [0.3, 0.4) is 0 Å². The lowest BCUT2D eigenvalue weighted by molar-refractivity contribution is -0.123. The number of carbonyl (C=O) groups excluding carboxylic acids is 2. The van der Waals surface area contributed by atoms with Gasteiger partial charge in [-0.25, -0.2) is 5.43 Å². The summed E-state index contributed by atoms with van der Waals surface area (Å²) in [5.74, 6) is 1.96. The molecule has 0 saturated heterocycles. The van der Waals surface area contributed by atoms with E-state index in [0.717, 1.165) is 4.47 Å². The maximum atomic E-state index is 12.6. The van der Waals surface area contributed by atoms with E-state index >= 15 is 0 Å². The number of terminal acetylenes is 1. The molecule has 0 aromatic heterocycles. The Morgan fingerprint density at radius 1 is 1.27 bits per heavy atom. The van der Waals surface area contributed by atoms with Gasteiger partial charge in [0.1, 0.15) is 18.4 Å². The normalized spacial score (nSPS) is 11.7. The lowest BCUT2D eigenvalue weighted by atomic mass is 10.0. The molecule has 0 saturated carbocycles. The Labute approximate surface area is 189 Å². The van der Waals surface area contributed by atoms with E-state index in [4.69, 9.17) is 22.8 Å². The maximum absolute atomic E-state index is 12.6. The van der Waals surface area contributed by atoms with Gasteiger partial charge < -0.3 is 10.1 Å². The van der Waals surface area contributed by atoms with E-state index in [-0.39, 0.29) is 18.4 Å². The summed E-state index contributed by atoms with van der Waals surface area (Å²) < 4.78 is 6.29. The molecular weight excluding hydrogens is 470 g/mol. The van der Waals surface area contributed by atoms with Gasteiger partial charge in [-0.1, -0.05) is 47.3 Å². The summed E-state index contributed by atoms with van der Waals surface area (Å²) in [6.07, 6.45) is 6.68. The van der Waals surface area contributed by atoms with Crippen LogP contribution in [0, 0.1) is 18.3 Å². The number of halogens is 2. The van der Waals surface area contributed by atoms with Crippen LogP contribution in [-0.4, -0.2) is 30.7 Å². The van der Waals surface area contributed by atoms with Gasteiger partial charge in [0.05, 0.1) is 6.21 Å². The van der Waals surface area contributed by atoms with Crippen molar-refractivity contribution in [3.8, 4) is 18.1 Å². The standard InChI is InChI=1S/C22H21BrClN3O3/c1-4-11-30-19-10-7-17(23)12-16(19)13-25-27-22(29)20(14(2)3)26-21(28)15-5-8-18(24)9-6-15/h1,5-10,12-14,20H,11H2,2-3H3,(H,26,28)(H,27,29). The highest BCUT2D eigenvalue weighted by atomic mass is 79.9. The van der Waals surface area contributed by atoms with Gasteiger partial charge in [0.25, 0.3) is 11.8 Å². The minimum Gasteiger partial charge on any atom is -0.480 e. The molecule has 2 aromatic carbocycles. The summed E-state index contributed by atoms with van der Waals surface area (Å²) in [7, 11) is 0. The number of hydrogen-bond acceptors (Lipinski definition) is 4. The largest absolute Gasteiger partial charge is 0.480 e. The van der Waals surface area contributed by atoms with Gasteiger partial charge in [0.2, 0.25) is 0 Å². The molecule has 0 spiro atoms. The van der Waals surface area contributed by atoms with Crippen molar-refractivity contribution in [2.75, 3.05) is 6.61 Å². The number of ether oxygens (including phenoxy) is 1. The molecule has 1 atom stereocenters. The third-order valence-corrected chi connectivity index (χ3v) is 4.75. The highest BCUT2D eigenvalue weighted by molar-refractivity contribution is 9.10. The van der Waals surface area contributed by atoms with E-state index in [1.807, 2.05) is 19.9 Å². The molecule has 30 heavy (non-hydrogen) atoms. The second-order valence-electron chi connectivity index (χ2n) is 6.61. The van der Waals surface area contributed by atoms with Crippen LogP contribution in [0.25, 0.3) is 0 Å².